The molecule has 0 amide bonds. The molecule has 0 saturated carbocycles. The Morgan fingerprint density at radius 2 is 2.24 bits per heavy atom. The van der Waals surface area contributed by atoms with E-state index in [1.165, 1.54) is 7.11 Å². The lowest BCUT2D eigenvalue weighted by Crippen LogP contribution is -2.16. The van der Waals surface area contributed by atoms with Crippen molar-refractivity contribution in [2.24, 2.45) is 0 Å². The Bertz CT molecular complexity index is 586. The van der Waals surface area contributed by atoms with Crippen LogP contribution >= 0.6 is 0 Å². The number of pyridine rings is 1. The number of carbonyl (C=O) groups is 2. The van der Waals surface area contributed by atoms with Crippen molar-refractivity contribution >= 4 is 22.8 Å². The van der Waals surface area contributed by atoms with Crippen LogP contribution in [-0.4, -0.2) is 28.8 Å². The fourth-order valence-corrected chi connectivity index (χ4v) is 1.79. The smallest absolute Gasteiger partial charge is 0.379 e. The van der Waals surface area contributed by atoms with E-state index in [1.807, 2.05) is 6.92 Å². The molecule has 0 atom stereocenters. The zero-order chi connectivity index (χ0) is 12.4. The largest absolute Gasteiger partial charge is 0.463 e. The minimum Gasteiger partial charge on any atom is -0.463 e. The van der Waals surface area contributed by atoms with E-state index >= 15 is 0 Å². The number of fused-ring (bicyclic) bond motifs is 1. The predicted octanol–water partition coefficient (Wildman–Crippen LogP) is 1.48. The fraction of sp³-hybridized carbons (Fsp3) is 0.250. The first-order chi connectivity index (χ1) is 8.19. The van der Waals surface area contributed by atoms with E-state index in [2.05, 4.69) is 14.7 Å². The highest BCUT2D eigenvalue weighted by Crippen LogP contribution is 2.22. The molecule has 2 heterocycles. The second-order valence-electron chi connectivity index (χ2n) is 3.55. The third kappa shape index (κ3) is 1.80. The molecule has 0 aliphatic rings. The van der Waals surface area contributed by atoms with Crippen molar-refractivity contribution in [1.29, 1.82) is 0 Å². The van der Waals surface area contributed by atoms with Gasteiger partial charge in [0.05, 0.1) is 12.7 Å². The minimum atomic E-state index is -0.857. The van der Waals surface area contributed by atoms with Gasteiger partial charge < -0.3 is 9.72 Å². The molecule has 0 saturated heterocycles. The average molecular weight is 232 g/mol. The molecule has 1 N–H and O–H groups in total. The van der Waals surface area contributed by atoms with Crippen LogP contribution in [-0.2, 0) is 16.0 Å². The topological polar surface area (TPSA) is 72.0 Å². The highest BCUT2D eigenvalue weighted by atomic mass is 16.5. The van der Waals surface area contributed by atoms with Crippen molar-refractivity contribution in [3.05, 3.63) is 29.6 Å². The standard InChI is InChI=1S/C12H12N2O3/c1-3-8-9(10(15)12(16)17-2)7-5-4-6-13-11(7)14-8/h4-6H,3H2,1-2H3,(H,13,14). The number of ketones is 1. The second kappa shape index (κ2) is 4.37. The fourth-order valence-electron chi connectivity index (χ4n) is 1.79. The van der Waals surface area contributed by atoms with Crippen molar-refractivity contribution < 1.29 is 14.3 Å². The molecular weight excluding hydrogens is 220 g/mol. The molecule has 0 spiro atoms. The van der Waals surface area contributed by atoms with E-state index in [1.54, 1.807) is 18.3 Å². The van der Waals surface area contributed by atoms with Crippen molar-refractivity contribution in [3.8, 4) is 0 Å². The van der Waals surface area contributed by atoms with E-state index in [4.69, 9.17) is 0 Å². The Balaban J connectivity index is 2.65. The predicted molar refractivity (Wildman–Crippen MR) is 61.8 cm³/mol. The number of aromatic nitrogens is 2. The molecule has 5 heteroatoms. The highest BCUT2D eigenvalue weighted by Gasteiger charge is 2.24. The van der Waals surface area contributed by atoms with Gasteiger partial charge in [-0.2, -0.15) is 0 Å². The van der Waals surface area contributed by atoms with Gasteiger partial charge in [-0.25, -0.2) is 9.78 Å². The number of ether oxygens (including phenoxy) is 1. The van der Waals surface area contributed by atoms with E-state index in [-0.39, 0.29) is 0 Å². The molecule has 0 unspecified atom stereocenters. The van der Waals surface area contributed by atoms with Gasteiger partial charge in [-0.1, -0.05) is 6.92 Å². The number of aromatic amines is 1. The number of Topliss-reactive ketones (excluding diaryl/α,β-unsaturated/α-hetero) is 1. The van der Waals surface area contributed by atoms with Gasteiger partial charge in [0.1, 0.15) is 5.65 Å². The van der Waals surface area contributed by atoms with Gasteiger partial charge in [0.25, 0.3) is 5.78 Å². The number of carbonyl (C=O) groups excluding carboxylic acids is 2. The average Bonchev–Trinajstić information content (AvgIpc) is 2.75. The number of esters is 1. The van der Waals surface area contributed by atoms with Crippen LogP contribution < -0.4 is 0 Å². The van der Waals surface area contributed by atoms with Crippen LogP contribution in [0.4, 0.5) is 0 Å². The molecule has 0 aliphatic heterocycles. The molecule has 5 nitrogen and oxygen atoms in total. The van der Waals surface area contributed by atoms with E-state index in [0.29, 0.717) is 28.7 Å². The summed E-state index contributed by atoms with van der Waals surface area (Å²) in [6, 6.07) is 3.48. The number of methoxy groups -OCH3 is 1. The summed E-state index contributed by atoms with van der Waals surface area (Å²) in [6.45, 7) is 1.90. The molecule has 0 fully saturated rings. The Labute approximate surface area is 97.8 Å². The lowest BCUT2D eigenvalue weighted by Gasteiger charge is -1.99. The van der Waals surface area contributed by atoms with Crippen molar-refractivity contribution in [2.75, 3.05) is 7.11 Å². The lowest BCUT2D eigenvalue weighted by atomic mass is 10.1. The molecule has 88 valence electrons. The number of rotatable bonds is 3. The number of nitrogens with one attached hydrogen (secondary N) is 1. The van der Waals surface area contributed by atoms with Crippen LogP contribution in [0.15, 0.2) is 18.3 Å². The Hall–Kier alpha value is -2.17. The van der Waals surface area contributed by atoms with Crippen molar-refractivity contribution in [3.63, 3.8) is 0 Å². The zero-order valence-electron chi connectivity index (χ0n) is 9.61. The van der Waals surface area contributed by atoms with E-state index < -0.39 is 11.8 Å². The number of hydrogen-bond donors (Lipinski definition) is 1. The summed E-state index contributed by atoms with van der Waals surface area (Å²) in [7, 11) is 1.19. The maximum Gasteiger partial charge on any atom is 0.379 e. The molecule has 17 heavy (non-hydrogen) atoms. The molecule has 0 aliphatic carbocycles. The maximum absolute atomic E-state index is 11.9. The summed E-state index contributed by atoms with van der Waals surface area (Å²) in [5.41, 5.74) is 1.67. The van der Waals surface area contributed by atoms with Crippen LogP contribution in [0.1, 0.15) is 23.0 Å². The maximum atomic E-state index is 11.9. The summed E-state index contributed by atoms with van der Waals surface area (Å²) in [6.07, 6.45) is 2.25. The second-order valence-corrected chi connectivity index (χ2v) is 3.55. The van der Waals surface area contributed by atoms with Crippen LogP contribution in [0.25, 0.3) is 11.0 Å². The third-order valence-electron chi connectivity index (χ3n) is 2.60. The van der Waals surface area contributed by atoms with E-state index in [9.17, 15) is 9.59 Å². The normalized spacial score (nSPS) is 10.5. The highest BCUT2D eigenvalue weighted by molar-refractivity contribution is 6.43. The number of H-pyrrole nitrogens is 1. The monoisotopic (exact) mass is 232 g/mol. The first-order valence-corrected chi connectivity index (χ1v) is 5.27. The van der Waals surface area contributed by atoms with E-state index in [0.717, 1.165) is 0 Å². The molecular formula is C12H12N2O3. The van der Waals surface area contributed by atoms with Crippen molar-refractivity contribution in [2.45, 2.75) is 13.3 Å². The summed E-state index contributed by atoms with van der Waals surface area (Å²) < 4.78 is 4.46. The van der Waals surface area contributed by atoms with Gasteiger partial charge in [-0.05, 0) is 18.6 Å². The summed E-state index contributed by atoms with van der Waals surface area (Å²) in [5, 5.41) is 0.653. The van der Waals surface area contributed by atoms with Crippen LogP contribution in [0.2, 0.25) is 0 Å². The first-order valence-electron chi connectivity index (χ1n) is 5.27. The summed E-state index contributed by atoms with van der Waals surface area (Å²) in [4.78, 5) is 30.4. The van der Waals surface area contributed by atoms with Gasteiger partial charge >= 0.3 is 5.97 Å². The van der Waals surface area contributed by atoms with Gasteiger partial charge in [-0.15, -0.1) is 0 Å². The molecule has 0 radical (unpaired) electrons. The first kappa shape index (κ1) is 11.3. The molecule has 0 bridgehead atoms. The quantitative estimate of drug-likeness (QED) is 0.494. The summed E-state index contributed by atoms with van der Waals surface area (Å²) in [5.74, 6) is -1.49. The minimum absolute atomic E-state index is 0.363. The third-order valence-corrected chi connectivity index (χ3v) is 2.60. The Kier molecular flexibility index (Phi) is 2.91. The van der Waals surface area contributed by atoms with Crippen molar-refractivity contribution in [1.82, 2.24) is 9.97 Å². The molecule has 2 rings (SSSR count). The Morgan fingerprint density at radius 1 is 1.47 bits per heavy atom. The molecule has 2 aromatic rings. The van der Waals surface area contributed by atoms with Crippen LogP contribution in [0.3, 0.4) is 0 Å². The lowest BCUT2D eigenvalue weighted by molar-refractivity contribution is -0.135. The van der Waals surface area contributed by atoms with Gasteiger partial charge in [-0.3, -0.25) is 4.79 Å². The van der Waals surface area contributed by atoms with Crippen LogP contribution in [0, 0.1) is 0 Å². The van der Waals surface area contributed by atoms with Crippen LogP contribution in [0.5, 0.6) is 0 Å². The molecule has 2 aromatic heterocycles. The number of hydrogen-bond acceptors (Lipinski definition) is 4. The molecule has 0 aromatic carbocycles. The van der Waals surface area contributed by atoms with Gasteiger partial charge in [0.15, 0.2) is 0 Å². The van der Waals surface area contributed by atoms with Gasteiger partial charge in [0.2, 0.25) is 0 Å². The zero-order valence-corrected chi connectivity index (χ0v) is 9.61. The van der Waals surface area contributed by atoms with Gasteiger partial charge in [0, 0.05) is 17.3 Å². The summed E-state index contributed by atoms with van der Waals surface area (Å²) >= 11 is 0. The number of nitrogens with zero attached hydrogens (tertiary/aromatic N) is 1. The Morgan fingerprint density at radius 3 is 2.88 bits per heavy atom. The SMILES string of the molecule is CCc1[nH]c2ncccc2c1C(=O)C(=O)OC. The number of aryl methyl sites for hydroxylation is 1.